The lowest BCUT2D eigenvalue weighted by Crippen LogP contribution is -2.39. The summed E-state index contributed by atoms with van der Waals surface area (Å²) >= 11 is 0. The molecule has 0 bridgehead atoms. The lowest BCUT2D eigenvalue weighted by atomic mass is 10.2. The fourth-order valence-electron chi connectivity index (χ4n) is 1.89. The lowest BCUT2D eigenvalue weighted by Gasteiger charge is -2.19. The molecule has 2 aliphatic heterocycles. The highest BCUT2D eigenvalue weighted by Crippen LogP contribution is 2.18. The third-order valence-electron chi connectivity index (χ3n) is 2.67. The highest BCUT2D eigenvalue weighted by Gasteiger charge is 2.41. The van der Waals surface area contributed by atoms with Crippen molar-refractivity contribution in [3.63, 3.8) is 0 Å². The molecule has 14 heavy (non-hydrogen) atoms. The number of amides is 2. The van der Waals surface area contributed by atoms with Gasteiger partial charge in [0.1, 0.15) is 0 Å². The van der Waals surface area contributed by atoms with Crippen LogP contribution in [0.4, 0.5) is 0 Å². The molecule has 2 rings (SSSR count). The van der Waals surface area contributed by atoms with Gasteiger partial charge in [0.05, 0.1) is 24.7 Å². The second-order valence-corrected chi connectivity index (χ2v) is 3.72. The van der Waals surface area contributed by atoms with Gasteiger partial charge in [-0.05, 0) is 0 Å². The maximum absolute atomic E-state index is 11.2. The van der Waals surface area contributed by atoms with E-state index in [0.717, 1.165) is 0 Å². The normalized spacial score (nSPS) is 39.1. The second kappa shape index (κ2) is 3.30. The topological polar surface area (TPSA) is 89.9 Å². The van der Waals surface area contributed by atoms with Gasteiger partial charge in [-0.2, -0.15) is 0 Å². The molecule has 0 saturated carbocycles. The van der Waals surface area contributed by atoms with Crippen molar-refractivity contribution in [1.29, 1.82) is 0 Å². The van der Waals surface area contributed by atoms with Gasteiger partial charge in [-0.25, -0.2) is 0 Å². The number of aliphatic hydroxyl groups excluding tert-OH is 2. The second-order valence-electron chi connectivity index (χ2n) is 3.72. The Kier molecular flexibility index (Phi) is 2.26. The molecule has 6 heteroatoms. The summed E-state index contributed by atoms with van der Waals surface area (Å²) in [6.45, 7) is 0.485. The summed E-state index contributed by atoms with van der Waals surface area (Å²) in [5.41, 5.74) is 0. The van der Waals surface area contributed by atoms with E-state index in [9.17, 15) is 19.8 Å². The van der Waals surface area contributed by atoms with Crippen LogP contribution >= 0.6 is 0 Å². The first kappa shape index (κ1) is 9.57. The van der Waals surface area contributed by atoms with E-state index in [1.807, 2.05) is 0 Å². The van der Waals surface area contributed by atoms with Gasteiger partial charge in [-0.15, -0.1) is 0 Å². The van der Waals surface area contributed by atoms with Crippen molar-refractivity contribution in [3.8, 4) is 0 Å². The predicted octanol–water partition coefficient (Wildman–Crippen LogP) is -2.56. The minimum Gasteiger partial charge on any atom is -0.389 e. The van der Waals surface area contributed by atoms with Crippen LogP contribution in [0.3, 0.4) is 0 Å². The fourth-order valence-corrected chi connectivity index (χ4v) is 1.89. The van der Waals surface area contributed by atoms with Gasteiger partial charge >= 0.3 is 0 Å². The SMILES string of the molecule is O=C1CC(N2CC(O)C(O)C2)C(=O)N1. The molecule has 3 unspecified atom stereocenters. The number of rotatable bonds is 1. The van der Waals surface area contributed by atoms with Gasteiger partial charge in [-0.1, -0.05) is 0 Å². The molecular formula is C8H12N2O4. The summed E-state index contributed by atoms with van der Waals surface area (Å²) in [4.78, 5) is 23.8. The van der Waals surface area contributed by atoms with Gasteiger partial charge in [0, 0.05) is 13.1 Å². The van der Waals surface area contributed by atoms with Crippen molar-refractivity contribution in [2.45, 2.75) is 24.7 Å². The number of carbonyl (C=O) groups excluding carboxylic acids is 2. The van der Waals surface area contributed by atoms with Crippen molar-refractivity contribution in [2.75, 3.05) is 13.1 Å². The number of nitrogens with zero attached hydrogens (tertiary/aromatic N) is 1. The van der Waals surface area contributed by atoms with Gasteiger partial charge in [0.25, 0.3) is 0 Å². The zero-order chi connectivity index (χ0) is 10.3. The van der Waals surface area contributed by atoms with Crippen LogP contribution in [-0.2, 0) is 9.59 Å². The molecule has 2 amide bonds. The number of likely N-dealkylation sites (tertiary alicyclic amines) is 1. The molecular weight excluding hydrogens is 188 g/mol. The molecule has 2 heterocycles. The summed E-state index contributed by atoms with van der Waals surface area (Å²) in [5, 5.41) is 20.7. The summed E-state index contributed by atoms with van der Waals surface area (Å²) in [7, 11) is 0. The molecule has 0 aliphatic carbocycles. The van der Waals surface area contributed by atoms with Crippen LogP contribution in [0.2, 0.25) is 0 Å². The number of aliphatic hydroxyl groups is 2. The van der Waals surface area contributed by atoms with Gasteiger partial charge in [-0.3, -0.25) is 19.8 Å². The monoisotopic (exact) mass is 200 g/mol. The van der Waals surface area contributed by atoms with Gasteiger partial charge in [0.15, 0.2) is 0 Å². The van der Waals surface area contributed by atoms with Crippen LogP contribution in [0.15, 0.2) is 0 Å². The Hall–Kier alpha value is -0.980. The Labute approximate surface area is 80.5 Å². The van der Waals surface area contributed by atoms with Crippen LogP contribution in [0.1, 0.15) is 6.42 Å². The first-order valence-electron chi connectivity index (χ1n) is 4.52. The quantitative estimate of drug-likeness (QED) is 0.405. The Bertz CT molecular complexity index is 271. The van der Waals surface area contributed by atoms with Gasteiger partial charge in [0.2, 0.25) is 11.8 Å². The molecule has 0 aromatic rings. The molecule has 0 aromatic carbocycles. The van der Waals surface area contributed by atoms with Crippen molar-refractivity contribution in [1.82, 2.24) is 10.2 Å². The van der Waals surface area contributed by atoms with E-state index in [-0.39, 0.29) is 31.3 Å². The minimum atomic E-state index is -0.821. The predicted molar refractivity (Wildman–Crippen MR) is 45.1 cm³/mol. The molecule has 2 aliphatic rings. The molecule has 3 atom stereocenters. The average molecular weight is 200 g/mol. The van der Waals surface area contributed by atoms with E-state index in [1.165, 1.54) is 0 Å². The number of β-amino-alcohol motifs (C(OH)–C–C–N with tert-alkyl or cyclic N) is 2. The smallest absolute Gasteiger partial charge is 0.244 e. The standard InChI is InChI=1S/C8H12N2O4/c11-5-2-10(3-6(5)12)4-1-7(13)9-8(4)14/h4-6,11-12H,1-3H2,(H,9,13,14). The fraction of sp³-hybridized carbons (Fsp3) is 0.750. The largest absolute Gasteiger partial charge is 0.389 e. The molecule has 0 radical (unpaired) electrons. The first-order chi connectivity index (χ1) is 6.58. The number of imide groups is 1. The highest BCUT2D eigenvalue weighted by molar-refractivity contribution is 6.05. The number of nitrogens with one attached hydrogen (secondary N) is 1. The Morgan fingerprint density at radius 1 is 1.21 bits per heavy atom. The number of carbonyl (C=O) groups is 2. The van der Waals surface area contributed by atoms with Crippen LogP contribution in [0.25, 0.3) is 0 Å². The lowest BCUT2D eigenvalue weighted by molar-refractivity contribution is -0.126. The van der Waals surface area contributed by atoms with E-state index >= 15 is 0 Å². The van der Waals surface area contributed by atoms with Crippen molar-refractivity contribution in [2.24, 2.45) is 0 Å². The zero-order valence-corrected chi connectivity index (χ0v) is 7.51. The minimum absolute atomic E-state index is 0.123. The van der Waals surface area contributed by atoms with Crippen molar-refractivity contribution < 1.29 is 19.8 Å². The molecule has 2 fully saturated rings. The summed E-state index contributed by atoms with van der Waals surface area (Å²) in [5.74, 6) is -0.632. The average Bonchev–Trinajstić information content (AvgIpc) is 2.57. The van der Waals surface area contributed by atoms with Crippen molar-refractivity contribution in [3.05, 3.63) is 0 Å². The van der Waals surface area contributed by atoms with E-state index in [2.05, 4.69) is 5.32 Å². The molecule has 0 aromatic heterocycles. The molecule has 3 N–H and O–H groups in total. The highest BCUT2D eigenvalue weighted by atomic mass is 16.3. The van der Waals surface area contributed by atoms with Gasteiger partial charge < -0.3 is 10.2 Å². The van der Waals surface area contributed by atoms with Crippen LogP contribution in [0.5, 0.6) is 0 Å². The summed E-state index contributed by atoms with van der Waals surface area (Å²) in [6.07, 6.45) is -1.52. The molecule has 78 valence electrons. The number of hydrogen-bond donors (Lipinski definition) is 3. The van der Waals surface area contributed by atoms with E-state index < -0.39 is 18.2 Å². The Balaban J connectivity index is 2.03. The maximum atomic E-state index is 11.2. The van der Waals surface area contributed by atoms with E-state index in [4.69, 9.17) is 0 Å². The first-order valence-corrected chi connectivity index (χ1v) is 4.52. The van der Waals surface area contributed by atoms with Crippen LogP contribution in [0, 0.1) is 0 Å². The summed E-state index contributed by atoms with van der Waals surface area (Å²) in [6, 6.07) is -0.519. The third-order valence-corrected chi connectivity index (χ3v) is 2.67. The molecule has 6 nitrogen and oxygen atoms in total. The number of hydrogen-bond acceptors (Lipinski definition) is 5. The summed E-state index contributed by atoms with van der Waals surface area (Å²) < 4.78 is 0. The Morgan fingerprint density at radius 3 is 2.21 bits per heavy atom. The third kappa shape index (κ3) is 1.52. The van der Waals surface area contributed by atoms with E-state index in [1.54, 1.807) is 4.90 Å². The van der Waals surface area contributed by atoms with Crippen LogP contribution < -0.4 is 5.32 Å². The van der Waals surface area contributed by atoms with Crippen LogP contribution in [-0.4, -0.2) is 58.3 Å². The molecule has 0 spiro atoms. The zero-order valence-electron chi connectivity index (χ0n) is 7.51. The molecule has 2 saturated heterocycles. The maximum Gasteiger partial charge on any atom is 0.244 e. The Morgan fingerprint density at radius 2 is 1.79 bits per heavy atom. The van der Waals surface area contributed by atoms with E-state index in [0.29, 0.717) is 0 Å². The van der Waals surface area contributed by atoms with Crippen molar-refractivity contribution >= 4 is 11.8 Å².